The summed E-state index contributed by atoms with van der Waals surface area (Å²) in [7, 11) is 0. The predicted molar refractivity (Wildman–Crippen MR) is 75.0 cm³/mol. The number of hydrogen-bond donors (Lipinski definition) is 1. The molecule has 2 aliphatic rings. The maximum Gasteiger partial charge on any atom is 0.303 e. The van der Waals surface area contributed by atoms with Gasteiger partial charge >= 0.3 is 5.97 Å². The summed E-state index contributed by atoms with van der Waals surface area (Å²) in [6.07, 6.45) is 7.41. The van der Waals surface area contributed by atoms with Crippen LogP contribution in [0.3, 0.4) is 0 Å². The summed E-state index contributed by atoms with van der Waals surface area (Å²) in [5.74, 6) is 1.70. The van der Waals surface area contributed by atoms with Gasteiger partial charge in [0, 0.05) is 6.42 Å². The van der Waals surface area contributed by atoms with Gasteiger partial charge in [-0.25, -0.2) is 0 Å². The van der Waals surface area contributed by atoms with Crippen LogP contribution in [0.4, 0.5) is 0 Å². The Morgan fingerprint density at radius 2 is 1.68 bits per heavy atom. The standard InChI is InChI=1S/C17H22O2/c18-17(19)7-3-6-16-14-8-9-15(16)11-13-5-2-1-4-12(13)10-14/h1-2,4-5,14-16H,3,6-11H2,(H,18,19). The van der Waals surface area contributed by atoms with Gasteiger partial charge in [-0.1, -0.05) is 24.3 Å². The van der Waals surface area contributed by atoms with Crippen molar-refractivity contribution in [3.8, 4) is 0 Å². The van der Waals surface area contributed by atoms with E-state index >= 15 is 0 Å². The van der Waals surface area contributed by atoms with E-state index in [-0.39, 0.29) is 0 Å². The number of carboxylic acids is 1. The Kier molecular flexibility index (Phi) is 3.58. The van der Waals surface area contributed by atoms with Gasteiger partial charge in [0.05, 0.1) is 0 Å². The van der Waals surface area contributed by atoms with Gasteiger partial charge in [0.1, 0.15) is 0 Å². The molecule has 0 amide bonds. The molecule has 0 saturated heterocycles. The van der Waals surface area contributed by atoms with E-state index in [0.717, 1.165) is 30.6 Å². The summed E-state index contributed by atoms with van der Waals surface area (Å²) in [6.45, 7) is 0. The quantitative estimate of drug-likeness (QED) is 0.894. The van der Waals surface area contributed by atoms with Gasteiger partial charge in [-0.2, -0.15) is 0 Å². The van der Waals surface area contributed by atoms with E-state index in [2.05, 4.69) is 24.3 Å². The Balaban J connectivity index is 1.70. The lowest BCUT2D eigenvalue weighted by molar-refractivity contribution is -0.137. The molecular formula is C17H22O2. The zero-order chi connectivity index (χ0) is 13.2. The summed E-state index contributed by atoms with van der Waals surface area (Å²) < 4.78 is 0. The molecule has 2 heteroatoms. The molecule has 0 aromatic heterocycles. The number of aliphatic carboxylic acids is 1. The molecule has 3 rings (SSSR count). The van der Waals surface area contributed by atoms with Crippen molar-refractivity contribution in [2.24, 2.45) is 17.8 Å². The van der Waals surface area contributed by atoms with Gasteiger partial charge in [-0.3, -0.25) is 4.79 Å². The van der Waals surface area contributed by atoms with Crippen molar-refractivity contribution in [3.63, 3.8) is 0 Å². The fourth-order valence-corrected chi connectivity index (χ4v) is 4.23. The van der Waals surface area contributed by atoms with Crippen LogP contribution in [0, 0.1) is 17.8 Å². The third-order valence-corrected chi connectivity index (χ3v) is 5.13. The van der Waals surface area contributed by atoms with E-state index in [1.165, 1.54) is 36.8 Å². The second-order valence-electron chi connectivity index (χ2n) is 6.22. The summed E-state index contributed by atoms with van der Waals surface area (Å²) in [4.78, 5) is 10.7. The SMILES string of the molecule is O=C(O)CCCC1C2CCC1Cc1ccccc1C2. The van der Waals surface area contributed by atoms with Crippen molar-refractivity contribution in [3.05, 3.63) is 35.4 Å². The Morgan fingerprint density at radius 1 is 1.11 bits per heavy atom. The number of fused-ring (bicyclic) bond motifs is 3. The normalized spacial score (nSPS) is 28.7. The molecule has 2 atom stereocenters. The van der Waals surface area contributed by atoms with Crippen LogP contribution in [0.25, 0.3) is 0 Å². The highest BCUT2D eigenvalue weighted by molar-refractivity contribution is 5.66. The van der Waals surface area contributed by atoms with Gasteiger partial charge in [-0.15, -0.1) is 0 Å². The molecule has 2 nitrogen and oxygen atoms in total. The van der Waals surface area contributed by atoms with Crippen LogP contribution in [0.5, 0.6) is 0 Å². The lowest BCUT2D eigenvalue weighted by Crippen LogP contribution is -2.16. The Hall–Kier alpha value is -1.31. The number of rotatable bonds is 4. The van der Waals surface area contributed by atoms with Crippen molar-refractivity contribution in [1.82, 2.24) is 0 Å². The number of benzene rings is 1. The van der Waals surface area contributed by atoms with Crippen molar-refractivity contribution in [2.45, 2.75) is 44.9 Å². The smallest absolute Gasteiger partial charge is 0.303 e. The van der Waals surface area contributed by atoms with E-state index in [9.17, 15) is 4.79 Å². The van der Waals surface area contributed by atoms with E-state index in [4.69, 9.17) is 5.11 Å². The molecule has 2 bridgehead atoms. The first-order valence-electron chi connectivity index (χ1n) is 7.52. The summed E-state index contributed by atoms with van der Waals surface area (Å²) in [5, 5.41) is 8.79. The van der Waals surface area contributed by atoms with E-state index in [1.54, 1.807) is 0 Å². The molecule has 1 N–H and O–H groups in total. The highest BCUT2D eigenvalue weighted by atomic mass is 16.4. The molecule has 1 saturated carbocycles. The predicted octanol–water partition coefficient (Wildman–Crippen LogP) is 3.68. The van der Waals surface area contributed by atoms with Gasteiger partial charge in [0.2, 0.25) is 0 Å². The van der Waals surface area contributed by atoms with Gasteiger partial charge in [0.15, 0.2) is 0 Å². The molecule has 1 aromatic rings. The maximum atomic E-state index is 10.7. The summed E-state index contributed by atoms with van der Waals surface area (Å²) in [5.41, 5.74) is 3.08. The van der Waals surface area contributed by atoms with Crippen LogP contribution in [-0.4, -0.2) is 11.1 Å². The van der Waals surface area contributed by atoms with E-state index in [1.807, 2.05) is 0 Å². The highest BCUT2D eigenvalue weighted by Gasteiger charge is 2.38. The van der Waals surface area contributed by atoms with Crippen LogP contribution in [-0.2, 0) is 17.6 Å². The number of carboxylic acid groups (broad SMARTS) is 1. The zero-order valence-corrected chi connectivity index (χ0v) is 11.3. The monoisotopic (exact) mass is 258 g/mol. The van der Waals surface area contributed by atoms with Crippen LogP contribution in [0.15, 0.2) is 24.3 Å². The average Bonchev–Trinajstić information content (AvgIpc) is 2.65. The average molecular weight is 258 g/mol. The van der Waals surface area contributed by atoms with Crippen molar-refractivity contribution in [2.75, 3.05) is 0 Å². The molecule has 1 fully saturated rings. The summed E-state index contributed by atoms with van der Waals surface area (Å²) in [6, 6.07) is 8.86. The molecule has 2 aliphatic carbocycles. The van der Waals surface area contributed by atoms with Crippen LogP contribution in [0.1, 0.15) is 43.2 Å². The van der Waals surface area contributed by atoms with Crippen LogP contribution < -0.4 is 0 Å². The molecule has 0 heterocycles. The Morgan fingerprint density at radius 3 is 2.21 bits per heavy atom. The van der Waals surface area contributed by atoms with E-state index in [0.29, 0.717) is 6.42 Å². The van der Waals surface area contributed by atoms with Crippen molar-refractivity contribution < 1.29 is 9.90 Å². The topological polar surface area (TPSA) is 37.3 Å². The first-order chi connectivity index (χ1) is 9.24. The van der Waals surface area contributed by atoms with Gasteiger partial charge in [-0.05, 0) is 67.4 Å². The second-order valence-corrected chi connectivity index (χ2v) is 6.22. The van der Waals surface area contributed by atoms with E-state index < -0.39 is 5.97 Å². The highest BCUT2D eigenvalue weighted by Crippen LogP contribution is 2.46. The minimum Gasteiger partial charge on any atom is -0.481 e. The lowest BCUT2D eigenvalue weighted by Gasteiger charge is -2.21. The zero-order valence-electron chi connectivity index (χ0n) is 11.3. The first-order valence-corrected chi connectivity index (χ1v) is 7.52. The third-order valence-electron chi connectivity index (χ3n) is 5.13. The second kappa shape index (κ2) is 5.36. The molecule has 19 heavy (non-hydrogen) atoms. The minimum absolute atomic E-state index is 0.336. The van der Waals surface area contributed by atoms with Crippen molar-refractivity contribution >= 4 is 5.97 Å². The fourth-order valence-electron chi connectivity index (χ4n) is 4.23. The lowest BCUT2D eigenvalue weighted by atomic mass is 9.83. The Labute approximate surface area is 114 Å². The van der Waals surface area contributed by atoms with Crippen LogP contribution >= 0.6 is 0 Å². The molecule has 0 aliphatic heterocycles. The first kappa shape index (κ1) is 12.7. The summed E-state index contributed by atoms with van der Waals surface area (Å²) >= 11 is 0. The molecule has 0 radical (unpaired) electrons. The largest absolute Gasteiger partial charge is 0.481 e. The minimum atomic E-state index is -0.649. The molecule has 2 unspecified atom stereocenters. The van der Waals surface area contributed by atoms with Gasteiger partial charge < -0.3 is 5.11 Å². The molecular weight excluding hydrogens is 236 g/mol. The third kappa shape index (κ3) is 2.68. The molecule has 0 spiro atoms. The number of carbonyl (C=O) groups is 1. The Bertz CT molecular complexity index is 433. The number of hydrogen-bond acceptors (Lipinski definition) is 1. The van der Waals surface area contributed by atoms with Crippen LogP contribution in [0.2, 0.25) is 0 Å². The fraction of sp³-hybridized carbons (Fsp3) is 0.588. The maximum absolute atomic E-state index is 10.7. The van der Waals surface area contributed by atoms with Crippen molar-refractivity contribution in [1.29, 1.82) is 0 Å². The molecule has 102 valence electrons. The van der Waals surface area contributed by atoms with Gasteiger partial charge in [0.25, 0.3) is 0 Å². The molecule has 1 aromatic carbocycles.